The molecular formula is C14H19NO. The van der Waals surface area contributed by atoms with Crippen molar-refractivity contribution in [3.8, 4) is 0 Å². The molecule has 2 unspecified atom stereocenters. The SMILES string of the molecule is CC(c1cccc(C=O)c1)C1CCN(C)C1. The van der Waals surface area contributed by atoms with Crippen molar-refractivity contribution in [3.05, 3.63) is 35.4 Å². The number of carbonyl (C=O) groups is 1. The zero-order chi connectivity index (χ0) is 11.5. The fourth-order valence-corrected chi connectivity index (χ4v) is 2.56. The molecule has 0 aliphatic carbocycles. The van der Waals surface area contributed by atoms with E-state index >= 15 is 0 Å². The minimum absolute atomic E-state index is 0.546. The van der Waals surface area contributed by atoms with Gasteiger partial charge in [0.25, 0.3) is 0 Å². The number of hydrogen-bond acceptors (Lipinski definition) is 2. The number of likely N-dealkylation sites (tertiary alicyclic amines) is 1. The van der Waals surface area contributed by atoms with Gasteiger partial charge in [0.15, 0.2) is 0 Å². The quantitative estimate of drug-likeness (QED) is 0.725. The van der Waals surface area contributed by atoms with E-state index in [9.17, 15) is 4.79 Å². The largest absolute Gasteiger partial charge is 0.306 e. The van der Waals surface area contributed by atoms with Gasteiger partial charge in [-0.1, -0.05) is 25.1 Å². The van der Waals surface area contributed by atoms with Crippen LogP contribution in [0.25, 0.3) is 0 Å². The first kappa shape index (κ1) is 11.3. The average Bonchev–Trinajstić information content (AvgIpc) is 2.75. The van der Waals surface area contributed by atoms with Gasteiger partial charge in [-0.3, -0.25) is 4.79 Å². The molecule has 0 bridgehead atoms. The summed E-state index contributed by atoms with van der Waals surface area (Å²) < 4.78 is 0. The lowest BCUT2D eigenvalue weighted by Crippen LogP contribution is -2.17. The van der Waals surface area contributed by atoms with Crippen LogP contribution in [-0.4, -0.2) is 31.3 Å². The molecule has 1 saturated heterocycles. The summed E-state index contributed by atoms with van der Waals surface area (Å²) >= 11 is 0. The number of hydrogen-bond donors (Lipinski definition) is 0. The van der Waals surface area contributed by atoms with Crippen molar-refractivity contribution in [2.45, 2.75) is 19.3 Å². The number of benzene rings is 1. The van der Waals surface area contributed by atoms with Crippen molar-refractivity contribution in [2.24, 2.45) is 5.92 Å². The summed E-state index contributed by atoms with van der Waals surface area (Å²) in [4.78, 5) is 13.1. The van der Waals surface area contributed by atoms with E-state index in [1.165, 1.54) is 25.1 Å². The lowest BCUT2D eigenvalue weighted by atomic mass is 9.86. The van der Waals surface area contributed by atoms with E-state index in [-0.39, 0.29) is 0 Å². The van der Waals surface area contributed by atoms with E-state index < -0.39 is 0 Å². The monoisotopic (exact) mass is 217 g/mol. The van der Waals surface area contributed by atoms with E-state index in [0.717, 1.165) is 17.8 Å². The van der Waals surface area contributed by atoms with Crippen molar-refractivity contribution >= 4 is 6.29 Å². The Morgan fingerprint density at radius 2 is 2.31 bits per heavy atom. The van der Waals surface area contributed by atoms with Crippen LogP contribution in [0.5, 0.6) is 0 Å². The molecule has 0 aromatic heterocycles. The predicted octanol–water partition coefficient (Wildman–Crippen LogP) is 2.55. The van der Waals surface area contributed by atoms with E-state index in [0.29, 0.717) is 5.92 Å². The van der Waals surface area contributed by atoms with Crippen LogP contribution in [-0.2, 0) is 0 Å². The predicted molar refractivity (Wildman–Crippen MR) is 65.8 cm³/mol. The molecule has 2 atom stereocenters. The molecule has 0 radical (unpaired) electrons. The third kappa shape index (κ3) is 2.33. The maximum Gasteiger partial charge on any atom is 0.150 e. The molecule has 1 aliphatic rings. The third-order valence-corrected chi connectivity index (χ3v) is 3.71. The van der Waals surface area contributed by atoms with Crippen LogP contribution in [0.15, 0.2) is 24.3 Å². The summed E-state index contributed by atoms with van der Waals surface area (Å²) in [6, 6.07) is 8.00. The van der Waals surface area contributed by atoms with Gasteiger partial charge in [-0.25, -0.2) is 0 Å². The van der Waals surface area contributed by atoms with Crippen molar-refractivity contribution in [3.63, 3.8) is 0 Å². The Morgan fingerprint density at radius 3 is 2.94 bits per heavy atom. The van der Waals surface area contributed by atoms with Crippen LogP contribution in [0.3, 0.4) is 0 Å². The molecule has 1 aromatic carbocycles. The van der Waals surface area contributed by atoms with Crippen LogP contribution in [0.4, 0.5) is 0 Å². The van der Waals surface area contributed by atoms with Crippen molar-refractivity contribution in [1.82, 2.24) is 4.90 Å². The van der Waals surface area contributed by atoms with E-state index in [1.54, 1.807) is 0 Å². The highest BCUT2D eigenvalue weighted by molar-refractivity contribution is 5.75. The Balaban J connectivity index is 2.13. The fourth-order valence-electron chi connectivity index (χ4n) is 2.56. The number of nitrogens with zero attached hydrogens (tertiary/aromatic N) is 1. The third-order valence-electron chi connectivity index (χ3n) is 3.71. The number of aldehydes is 1. The van der Waals surface area contributed by atoms with Crippen LogP contribution in [0.2, 0.25) is 0 Å². The molecule has 1 aromatic rings. The first-order valence-corrected chi connectivity index (χ1v) is 5.94. The highest BCUT2D eigenvalue weighted by Crippen LogP contribution is 2.31. The summed E-state index contributed by atoms with van der Waals surface area (Å²) in [7, 11) is 2.18. The number of rotatable bonds is 3. The normalized spacial score (nSPS) is 23.2. The van der Waals surface area contributed by atoms with Crippen LogP contribution in [0, 0.1) is 5.92 Å². The molecule has 1 fully saturated rings. The van der Waals surface area contributed by atoms with Crippen LogP contribution < -0.4 is 0 Å². The molecule has 0 spiro atoms. The standard InChI is InChI=1S/C14H19NO/c1-11(14-6-7-15(2)9-14)13-5-3-4-12(8-13)10-16/h3-5,8,10-11,14H,6-7,9H2,1-2H3. The van der Waals surface area contributed by atoms with Gasteiger partial charge in [0.05, 0.1) is 0 Å². The second-order valence-corrected chi connectivity index (χ2v) is 4.89. The van der Waals surface area contributed by atoms with Crippen molar-refractivity contribution in [1.29, 1.82) is 0 Å². The molecule has 2 nitrogen and oxygen atoms in total. The molecule has 1 heterocycles. The Labute approximate surface area is 97.3 Å². The van der Waals surface area contributed by atoms with Gasteiger partial charge in [0.2, 0.25) is 0 Å². The smallest absolute Gasteiger partial charge is 0.150 e. The molecule has 2 heteroatoms. The van der Waals surface area contributed by atoms with Gasteiger partial charge in [-0.2, -0.15) is 0 Å². The Bertz CT molecular complexity index is 375. The van der Waals surface area contributed by atoms with Gasteiger partial charge >= 0.3 is 0 Å². The Morgan fingerprint density at radius 1 is 1.50 bits per heavy atom. The van der Waals surface area contributed by atoms with E-state index in [1.807, 2.05) is 18.2 Å². The lowest BCUT2D eigenvalue weighted by Gasteiger charge is -2.19. The summed E-state index contributed by atoms with van der Waals surface area (Å²) in [5.41, 5.74) is 2.08. The van der Waals surface area contributed by atoms with Crippen molar-refractivity contribution in [2.75, 3.05) is 20.1 Å². The Kier molecular flexibility index (Phi) is 3.39. The van der Waals surface area contributed by atoms with E-state index in [2.05, 4.69) is 24.9 Å². The van der Waals surface area contributed by atoms with Gasteiger partial charge in [0.1, 0.15) is 6.29 Å². The maximum atomic E-state index is 10.7. The fraction of sp³-hybridized carbons (Fsp3) is 0.500. The molecular weight excluding hydrogens is 198 g/mol. The lowest BCUT2D eigenvalue weighted by molar-refractivity contribution is 0.112. The van der Waals surface area contributed by atoms with Crippen LogP contribution >= 0.6 is 0 Å². The van der Waals surface area contributed by atoms with Gasteiger partial charge in [-0.05, 0) is 43.5 Å². The molecule has 0 amide bonds. The summed E-state index contributed by atoms with van der Waals surface area (Å²) in [6.45, 7) is 4.64. The minimum Gasteiger partial charge on any atom is -0.306 e. The highest BCUT2D eigenvalue weighted by atomic mass is 16.1. The molecule has 16 heavy (non-hydrogen) atoms. The average molecular weight is 217 g/mol. The van der Waals surface area contributed by atoms with Gasteiger partial charge in [-0.15, -0.1) is 0 Å². The molecule has 0 saturated carbocycles. The zero-order valence-corrected chi connectivity index (χ0v) is 10.0. The van der Waals surface area contributed by atoms with Gasteiger partial charge in [0, 0.05) is 12.1 Å². The van der Waals surface area contributed by atoms with Gasteiger partial charge < -0.3 is 4.90 Å². The first-order valence-electron chi connectivity index (χ1n) is 5.94. The zero-order valence-electron chi connectivity index (χ0n) is 10.0. The minimum atomic E-state index is 0.546. The molecule has 2 rings (SSSR count). The topological polar surface area (TPSA) is 20.3 Å². The molecule has 0 N–H and O–H groups in total. The molecule has 1 aliphatic heterocycles. The summed E-state index contributed by atoms with van der Waals surface area (Å²) in [6.07, 6.45) is 2.19. The molecule has 86 valence electrons. The second-order valence-electron chi connectivity index (χ2n) is 4.89. The van der Waals surface area contributed by atoms with Crippen LogP contribution in [0.1, 0.15) is 35.2 Å². The summed E-state index contributed by atoms with van der Waals surface area (Å²) in [5.74, 6) is 1.27. The number of carbonyl (C=O) groups excluding carboxylic acids is 1. The Hall–Kier alpha value is -1.15. The second kappa shape index (κ2) is 4.79. The maximum absolute atomic E-state index is 10.7. The first-order chi connectivity index (χ1) is 7.70. The highest BCUT2D eigenvalue weighted by Gasteiger charge is 2.25. The van der Waals surface area contributed by atoms with E-state index in [4.69, 9.17) is 0 Å². The summed E-state index contributed by atoms with van der Waals surface area (Å²) in [5, 5.41) is 0. The van der Waals surface area contributed by atoms with Crippen molar-refractivity contribution < 1.29 is 4.79 Å².